The first-order valence-corrected chi connectivity index (χ1v) is 7.26. The molecule has 2 aromatic rings. The predicted molar refractivity (Wildman–Crippen MR) is 81.5 cm³/mol. The largest absolute Gasteiger partial charge is 0.494 e. The van der Waals surface area contributed by atoms with Crippen molar-refractivity contribution in [2.45, 2.75) is 19.9 Å². The zero-order valence-electron chi connectivity index (χ0n) is 13.2. The second-order valence-electron chi connectivity index (χ2n) is 5.44. The van der Waals surface area contributed by atoms with Crippen molar-refractivity contribution in [3.63, 3.8) is 0 Å². The molecule has 9 heteroatoms. The molecule has 0 saturated carbocycles. The molecule has 0 radical (unpaired) electrons. The molecule has 0 fully saturated rings. The molecular weight excluding hydrogens is 319 g/mol. The van der Waals surface area contributed by atoms with Crippen LogP contribution in [0.25, 0.3) is 5.69 Å². The van der Waals surface area contributed by atoms with Crippen LogP contribution in [0, 0.1) is 15.9 Å². The van der Waals surface area contributed by atoms with Gasteiger partial charge in [0, 0.05) is 44.3 Å². The van der Waals surface area contributed by atoms with E-state index < -0.39 is 16.4 Å². The number of nitro benzene ring substituents is 1. The van der Waals surface area contributed by atoms with Gasteiger partial charge in [0.1, 0.15) is 11.4 Å². The highest BCUT2D eigenvalue weighted by Gasteiger charge is 2.27. The van der Waals surface area contributed by atoms with Crippen molar-refractivity contribution in [2.24, 2.45) is 0 Å². The van der Waals surface area contributed by atoms with Crippen LogP contribution in [0.5, 0.6) is 5.75 Å². The molecule has 0 aliphatic carbocycles. The third kappa shape index (κ3) is 2.57. The summed E-state index contributed by atoms with van der Waals surface area (Å²) in [6.45, 7) is 2.40. The van der Waals surface area contributed by atoms with Crippen LogP contribution in [-0.2, 0) is 17.8 Å². The Balaban J connectivity index is 2.09. The Kier molecular flexibility index (Phi) is 3.92. The lowest BCUT2D eigenvalue weighted by Crippen LogP contribution is -2.33. The number of benzene rings is 1. The molecule has 2 heterocycles. The van der Waals surface area contributed by atoms with Crippen LogP contribution in [0.2, 0.25) is 0 Å². The van der Waals surface area contributed by atoms with Gasteiger partial charge in [-0.3, -0.25) is 14.9 Å². The molecule has 0 saturated heterocycles. The summed E-state index contributed by atoms with van der Waals surface area (Å²) >= 11 is 0. The Hall–Kier alpha value is -2.97. The maximum Gasteiger partial charge on any atom is 0.307 e. The van der Waals surface area contributed by atoms with Gasteiger partial charge in [-0.15, -0.1) is 0 Å². The molecule has 0 bridgehead atoms. The molecule has 24 heavy (non-hydrogen) atoms. The van der Waals surface area contributed by atoms with E-state index in [0.29, 0.717) is 19.5 Å². The summed E-state index contributed by atoms with van der Waals surface area (Å²) in [5, 5.41) is 15.3. The van der Waals surface area contributed by atoms with Gasteiger partial charge in [0.25, 0.3) is 0 Å². The number of carbonyl (C=O) groups is 1. The molecule has 8 nitrogen and oxygen atoms in total. The Labute approximate surface area is 136 Å². The van der Waals surface area contributed by atoms with Gasteiger partial charge in [0.2, 0.25) is 11.7 Å². The van der Waals surface area contributed by atoms with Gasteiger partial charge in [0.05, 0.1) is 17.7 Å². The molecule has 1 aromatic carbocycles. The zero-order chi connectivity index (χ0) is 17.4. The summed E-state index contributed by atoms with van der Waals surface area (Å²) in [7, 11) is 1.35. The number of aromatic nitrogens is 2. The number of nitro groups is 1. The van der Waals surface area contributed by atoms with Gasteiger partial charge in [-0.25, -0.2) is 4.68 Å². The summed E-state index contributed by atoms with van der Waals surface area (Å²) in [5.74, 6) is -0.920. The first-order valence-electron chi connectivity index (χ1n) is 7.26. The number of methoxy groups -OCH3 is 1. The molecule has 0 atom stereocenters. The fraction of sp³-hybridized carbons (Fsp3) is 0.333. The standard InChI is InChI=1S/C15H15FN4O4/c1-9(21)18-6-5-11-10(7-18)8-19(17-11)15-13(24-2)4-3-12(14(15)16)20(22)23/h3-4,8H,5-7H2,1-2H3. The molecule has 1 amide bonds. The van der Waals surface area contributed by atoms with Gasteiger partial charge in [0.15, 0.2) is 0 Å². The van der Waals surface area contributed by atoms with Crippen molar-refractivity contribution >= 4 is 11.6 Å². The first kappa shape index (κ1) is 15.9. The molecule has 0 spiro atoms. The number of rotatable bonds is 3. The highest BCUT2D eigenvalue weighted by Crippen LogP contribution is 2.32. The lowest BCUT2D eigenvalue weighted by atomic mass is 10.1. The smallest absolute Gasteiger partial charge is 0.307 e. The number of carbonyl (C=O) groups excluding carboxylic acids is 1. The lowest BCUT2D eigenvalue weighted by molar-refractivity contribution is -0.387. The van der Waals surface area contributed by atoms with Crippen LogP contribution >= 0.6 is 0 Å². The summed E-state index contributed by atoms with van der Waals surface area (Å²) in [6, 6.07) is 2.39. The van der Waals surface area contributed by atoms with Crippen LogP contribution < -0.4 is 4.74 Å². The fourth-order valence-electron chi connectivity index (χ4n) is 2.75. The normalized spacial score (nSPS) is 13.5. The highest BCUT2D eigenvalue weighted by molar-refractivity contribution is 5.73. The molecule has 1 aliphatic rings. The van der Waals surface area contributed by atoms with Crippen molar-refractivity contribution < 1.29 is 18.8 Å². The van der Waals surface area contributed by atoms with Crippen LogP contribution in [0.1, 0.15) is 18.2 Å². The third-order valence-corrected chi connectivity index (χ3v) is 4.01. The van der Waals surface area contributed by atoms with Gasteiger partial charge >= 0.3 is 5.69 Å². The van der Waals surface area contributed by atoms with Gasteiger partial charge in [-0.1, -0.05) is 0 Å². The minimum absolute atomic E-state index is 0.0486. The van der Waals surface area contributed by atoms with E-state index in [2.05, 4.69) is 5.10 Å². The average Bonchev–Trinajstić information content (AvgIpc) is 2.96. The summed E-state index contributed by atoms with van der Waals surface area (Å²) in [4.78, 5) is 23.3. The number of amides is 1. The predicted octanol–water partition coefficient (Wildman–Crippen LogP) is 1.83. The second kappa shape index (κ2) is 5.91. The molecule has 3 rings (SSSR count). The summed E-state index contributed by atoms with van der Waals surface area (Å²) < 4.78 is 20.9. The van der Waals surface area contributed by atoms with E-state index in [1.165, 1.54) is 24.8 Å². The number of halogens is 1. The van der Waals surface area contributed by atoms with E-state index in [9.17, 15) is 19.3 Å². The number of fused-ring (bicyclic) bond motifs is 1. The van der Waals surface area contributed by atoms with E-state index in [1.807, 2.05) is 0 Å². The fourth-order valence-corrected chi connectivity index (χ4v) is 2.75. The first-order chi connectivity index (χ1) is 11.4. The third-order valence-electron chi connectivity index (χ3n) is 4.01. The molecular formula is C15H15FN4O4. The van der Waals surface area contributed by atoms with Crippen molar-refractivity contribution in [1.29, 1.82) is 0 Å². The highest BCUT2D eigenvalue weighted by atomic mass is 19.1. The van der Waals surface area contributed by atoms with Crippen LogP contribution in [-0.4, -0.2) is 39.2 Å². The van der Waals surface area contributed by atoms with E-state index in [4.69, 9.17) is 4.74 Å². The Morgan fingerprint density at radius 1 is 1.46 bits per heavy atom. The lowest BCUT2D eigenvalue weighted by Gasteiger charge is -2.24. The minimum atomic E-state index is -1.01. The van der Waals surface area contributed by atoms with Crippen molar-refractivity contribution in [2.75, 3.05) is 13.7 Å². The van der Waals surface area contributed by atoms with Gasteiger partial charge < -0.3 is 9.64 Å². The molecule has 126 valence electrons. The van der Waals surface area contributed by atoms with Crippen LogP contribution in [0.3, 0.4) is 0 Å². The Morgan fingerprint density at radius 2 is 2.21 bits per heavy atom. The quantitative estimate of drug-likeness (QED) is 0.631. The topological polar surface area (TPSA) is 90.5 Å². The number of ether oxygens (including phenoxy) is 1. The molecule has 0 unspecified atom stereocenters. The summed E-state index contributed by atoms with van der Waals surface area (Å²) in [6.07, 6.45) is 2.12. The Morgan fingerprint density at radius 3 is 2.83 bits per heavy atom. The van der Waals surface area contributed by atoms with E-state index >= 15 is 0 Å². The zero-order valence-corrected chi connectivity index (χ0v) is 13.2. The molecule has 0 N–H and O–H groups in total. The maximum atomic E-state index is 14.6. The van der Waals surface area contributed by atoms with Crippen molar-refractivity contribution in [3.05, 3.63) is 45.5 Å². The van der Waals surface area contributed by atoms with Crippen LogP contribution in [0.15, 0.2) is 18.3 Å². The van der Waals surface area contributed by atoms with Crippen molar-refractivity contribution in [3.8, 4) is 11.4 Å². The van der Waals surface area contributed by atoms with E-state index in [1.54, 1.807) is 11.1 Å². The van der Waals surface area contributed by atoms with Crippen molar-refractivity contribution in [1.82, 2.24) is 14.7 Å². The SMILES string of the molecule is COc1ccc([N+](=O)[O-])c(F)c1-n1cc2c(n1)CCN(C(C)=O)C2. The van der Waals surface area contributed by atoms with Gasteiger partial charge in [-0.05, 0) is 6.07 Å². The minimum Gasteiger partial charge on any atom is -0.494 e. The number of hydrogen-bond donors (Lipinski definition) is 0. The second-order valence-corrected chi connectivity index (χ2v) is 5.44. The number of nitrogens with zero attached hydrogens (tertiary/aromatic N) is 4. The number of hydrogen-bond acceptors (Lipinski definition) is 5. The Bertz CT molecular complexity index is 833. The van der Waals surface area contributed by atoms with Gasteiger partial charge in [-0.2, -0.15) is 9.49 Å². The summed E-state index contributed by atoms with van der Waals surface area (Å²) in [5.41, 5.74) is 0.755. The molecule has 1 aromatic heterocycles. The average molecular weight is 334 g/mol. The maximum absolute atomic E-state index is 14.6. The van der Waals surface area contributed by atoms with E-state index in [0.717, 1.165) is 17.3 Å². The van der Waals surface area contributed by atoms with Crippen LogP contribution in [0.4, 0.5) is 10.1 Å². The monoisotopic (exact) mass is 334 g/mol. The van der Waals surface area contributed by atoms with E-state index in [-0.39, 0.29) is 17.3 Å². The molecule has 1 aliphatic heterocycles.